The summed E-state index contributed by atoms with van der Waals surface area (Å²) < 4.78 is 14.9. The molecule has 0 aliphatic heterocycles. The third-order valence-electron chi connectivity index (χ3n) is 5.88. The van der Waals surface area contributed by atoms with E-state index in [1.165, 1.54) is 6.07 Å². The van der Waals surface area contributed by atoms with Crippen LogP contribution in [0.5, 0.6) is 0 Å². The number of aliphatic hydroxyl groups is 2. The van der Waals surface area contributed by atoms with Crippen LogP contribution < -0.4 is 0 Å². The Bertz CT molecular complexity index is 1330. The first kappa shape index (κ1) is 25.5. The second kappa shape index (κ2) is 10.9. The topological polar surface area (TPSA) is 83.3 Å². The first-order chi connectivity index (χ1) is 15.9. The maximum atomic E-state index is 14.9. The van der Waals surface area contributed by atoms with Gasteiger partial charge in [0.2, 0.25) is 0 Å². The average Bonchev–Trinajstić information content (AvgIpc) is 2.82. The number of hydrogen-bond acceptors (Lipinski definition) is 5. The number of aliphatic hydroxyl groups excluding tert-OH is 2. The zero-order valence-corrected chi connectivity index (χ0v) is 20.0. The molecule has 4 aromatic rings. The molecule has 7 heteroatoms. The summed E-state index contributed by atoms with van der Waals surface area (Å²) in [7, 11) is 0. The minimum Gasteiger partial charge on any atom is -0.394 e. The number of carbonyl (C=O) groups is 1. The number of benzene rings is 2. The highest BCUT2D eigenvalue weighted by Crippen LogP contribution is 2.38. The number of aromatic nitrogens is 2. The van der Waals surface area contributed by atoms with Crippen molar-refractivity contribution >= 4 is 30.2 Å². The zero-order chi connectivity index (χ0) is 23.5. The number of ketones is 1. The lowest BCUT2D eigenvalue weighted by Crippen LogP contribution is -2.14. The Balaban J connectivity index is 0.00000324. The van der Waals surface area contributed by atoms with Gasteiger partial charge < -0.3 is 10.2 Å². The average molecular weight is 479 g/mol. The van der Waals surface area contributed by atoms with Crippen LogP contribution in [-0.4, -0.2) is 38.7 Å². The van der Waals surface area contributed by atoms with Crippen LogP contribution in [0.2, 0.25) is 0 Å². The van der Waals surface area contributed by atoms with E-state index < -0.39 is 12.7 Å². The predicted octanol–water partition coefficient (Wildman–Crippen LogP) is 5.15. The van der Waals surface area contributed by atoms with E-state index in [0.717, 1.165) is 27.6 Å². The molecule has 34 heavy (non-hydrogen) atoms. The molecular formula is C27H27FN2O3S. The van der Waals surface area contributed by atoms with Crippen LogP contribution in [0.1, 0.15) is 34.5 Å². The van der Waals surface area contributed by atoms with Gasteiger partial charge in [0, 0.05) is 29.8 Å². The maximum Gasteiger partial charge on any atom is 0.181 e. The summed E-state index contributed by atoms with van der Waals surface area (Å²) in [5.41, 5.74) is 5.75. The lowest BCUT2D eigenvalue weighted by molar-refractivity contribution is 0.0777. The zero-order valence-electron chi connectivity index (χ0n) is 19.0. The summed E-state index contributed by atoms with van der Waals surface area (Å²) in [6.45, 7) is 3.56. The van der Waals surface area contributed by atoms with Crippen molar-refractivity contribution in [2.75, 3.05) is 6.61 Å². The van der Waals surface area contributed by atoms with Gasteiger partial charge in [0.25, 0.3) is 0 Å². The van der Waals surface area contributed by atoms with Crippen molar-refractivity contribution in [1.29, 1.82) is 0 Å². The van der Waals surface area contributed by atoms with E-state index in [2.05, 4.69) is 9.97 Å². The number of Topliss-reactive ketones (excluding diaryl/α,β-unsaturated/α-hetero) is 1. The van der Waals surface area contributed by atoms with Gasteiger partial charge in [0.05, 0.1) is 18.2 Å². The van der Waals surface area contributed by atoms with Crippen molar-refractivity contribution in [2.45, 2.75) is 32.8 Å². The normalized spacial score (nSPS) is 11.8. The number of aryl methyl sites for hydroxylation is 2. The fourth-order valence-electron chi connectivity index (χ4n) is 4.28. The van der Waals surface area contributed by atoms with Crippen LogP contribution >= 0.6 is 13.5 Å². The third kappa shape index (κ3) is 5.01. The Morgan fingerprint density at radius 2 is 1.76 bits per heavy atom. The van der Waals surface area contributed by atoms with Gasteiger partial charge in [-0.15, -0.1) is 0 Å². The lowest BCUT2D eigenvalue weighted by Gasteiger charge is -2.18. The van der Waals surface area contributed by atoms with Crippen LogP contribution in [0.15, 0.2) is 60.9 Å². The van der Waals surface area contributed by atoms with E-state index in [-0.39, 0.29) is 43.6 Å². The van der Waals surface area contributed by atoms with E-state index >= 15 is 0 Å². The molecule has 2 heterocycles. The summed E-state index contributed by atoms with van der Waals surface area (Å²) in [4.78, 5) is 21.6. The molecule has 0 fully saturated rings. The molecular weight excluding hydrogens is 451 g/mol. The van der Waals surface area contributed by atoms with E-state index in [9.17, 15) is 14.3 Å². The molecule has 0 saturated carbocycles. The standard InChI is InChI=1S/C27H25FN2O3.H2S/c1-16-13-24-27(17(2)26(16)18-9-11-29-12-10-18)21(20-5-3-4-6-22(20)28)14-23(30-24)25(33)8-7-19(32)15-31;/h3-6,9-14,19,31-32H,7-8,15H2,1-2H3;1H2/t19-;/m0./s1. The quantitative estimate of drug-likeness (QED) is 0.359. The fourth-order valence-corrected chi connectivity index (χ4v) is 4.28. The van der Waals surface area contributed by atoms with E-state index in [4.69, 9.17) is 5.11 Å². The Hall–Kier alpha value is -3.13. The van der Waals surface area contributed by atoms with Crippen LogP contribution in [0.25, 0.3) is 33.2 Å². The Morgan fingerprint density at radius 1 is 1.06 bits per heavy atom. The number of nitrogens with zero attached hydrogens (tertiary/aromatic N) is 2. The highest BCUT2D eigenvalue weighted by molar-refractivity contribution is 7.59. The Kier molecular flexibility index (Phi) is 8.15. The number of halogens is 1. The largest absolute Gasteiger partial charge is 0.394 e. The number of pyridine rings is 2. The van der Waals surface area contributed by atoms with Gasteiger partial charge in [0.15, 0.2) is 5.78 Å². The van der Waals surface area contributed by atoms with Gasteiger partial charge in [-0.25, -0.2) is 9.37 Å². The maximum absolute atomic E-state index is 14.9. The molecule has 176 valence electrons. The fraction of sp³-hybridized carbons (Fsp3) is 0.222. The van der Waals surface area contributed by atoms with Gasteiger partial charge in [-0.2, -0.15) is 13.5 Å². The van der Waals surface area contributed by atoms with Crippen LogP contribution in [0.3, 0.4) is 0 Å². The van der Waals surface area contributed by atoms with Crippen molar-refractivity contribution in [2.24, 2.45) is 0 Å². The van der Waals surface area contributed by atoms with Gasteiger partial charge >= 0.3 is 0 Å². The van der Waals surface area contributed by atoms with Crippen molar-refractivity contribution in [3.63, 3.8) is 0 Å². The van der Waals surface area contributed by atoms with Gasteiger partial charge in [-0.05, 0) is 78.4 Å². The molecule has 2 aromatic heterocycles. The van der Waals surface area contributed by atoms with E-state index in [1.54, 1.807) is 36.7 Å². The van der Waals surface area contributed by atoms with Gasteiger partial charge in [-0.3, -0.25) is 9.78 Å². The highest BCUT2D eigenvalue weighted by Gasteiger charge is 2.20. The monoisotopic (exact) mass is 478 g/mol. The molecule has 0 aliphatic rings. The minimum absolute atomic E-state index is 0. The van der Waals surface area contributed by atoms with Crippen molar-refractivity contribution in [1.82, 2.24) is 9.97 Å². The number of rotatable bonds is 7. The molecule has 5 nitrogen and oxygen atoms in total. The molecule has 0 unspecified atom stereocenters. The molecule has 0 aliphatic carbocycles. The second-order valence-electron chi connectivity index (χ2n) is 8.16. The van der Waals surface area contributed by atoms with Crippen molar-refractivity contribution in [3.05, 3.63) is 83.6 Å². The first-order valence-corrected chi connectivity index (χ1v) is 10.8. The first-order valence-electron chi connectivity index (χ1n) is 10.8. The molecule has 2 aromatic carbocycles. The molecule has 0 saturated heterocycles. The van der Waals surface area contributed by atoms with Crippen LogP contribution in [0, 0.1) is 19.7 Å². The molecule has 1 atom stereocenters. The van der Waals surface area contributed by atoms with E-state index in [0.29, 0.717) is 16.6 Å². The summed E-state index contributed by atoms with van der Waals surface area (Å²) in [6, 6.07) is 13.9. The van der Waals surface area contributed by atoms with Gasteiger partial charge in [-0.1, -0.05) is 18.2 Å². The summed E-state index contributed by atoms with van der Waals surface area (Å²) in [6.07, 6.45) is 2.66. The third-order valence-corrected chi connectivity index (χ3v) is 5.88. The summed E-state index contributed by atoms with van der Waals surface area (Å²) >= 11 is 0. The number of hydrogen-bond donors (Lipinski definition) is 2. The van der Waals surface area contributed by atoms with Crippen molar-refractivity contribution in [3.8, 4) is 22.3 Å². The Morgan fingerprint density at radius 3 is 2.44 bits per heavy atom. The summed E-state index contributed by atoms with van der Waals surface area (Å²) in [5.74, 6) is -0.653. The molecule has 0 spiro atoms. The SMILES string of the molecule is Cc1cc2nc(C(=O)CC[C@H](O)CO)cc(-c3ccccc3F)c2c(C)c1-c1ccncc1.S. The second-order valence-corrected chi connectivity index (χ2v) is 8.16. The Labute approximate surface area is 204 Å². The predicted molar refractivity (Wildman–Crippen MR) is 137 cm³/mol. The summed E-state index contributed by atoms with van der Waals surface area (Å²) in [5, 5.41) is 19.5. The lowest BCUT2D eigenvalue weighted by atomic mass is 9.88. The number of carbonyl (C=O) groups excluding carboxylic acids is 1. The molecule has 0 radical (unpaired) electrons. The molecule has 4 rings (SSSR count). The minimum atomic E-state index is -0.965. The molecule has 2 N–H and O–H groups in total. The smallest absolute Gasteiger partial charge is 0.181 e. The van der Waals surface area contributed by atoms with Crippen molar-refractivity contribution < 1.29 is 19.4 Å². The van der Waals surface area contributed by atoms with E-state index in [1.807, 2.05) is 32.0 Å². The van der Waals surface area contributed by atoms with Crippen LogP contribution in [-0.2, 0) is 0 Å². The van der Waals surface area contributed by atoms with Gasteiger partial charge in [0.1, 0.15) is 11.5 Å². The highest BCUT2D eigenvalue weighted by atomic mass is 32.1. The molecule has 0 amide bonds. The number of fused-ring (bicyclic) bond motifs is 1. The molecule has 0 bridgehead atoms. The van der Waals surface area contributed by atoms with Crippen LogP contribution in [0.4, 0.5) is 4.39 Å².